The number of carbonyl (C=O) groups excluding carboxylic acids is 2. The van der Waals surface area contributed by atoms with Crippen LogP contribution in [0.3, 0.4) is 0 Å². The summed E-state index contributed by atoms with van der Waals surface area (Å²) in [4.78, 5) is 23.5. The standard InChI is InChI=1S/C12H14Cl2N2O2S/c1-7(2)15-12(18)16-11(17)6-19-10-5-8(13)3-4-9(10)14/h3-5,7H,6H2,1-2H3,(H2,15,16,17,18). The summed E-state index contributed by atoms with van der Waals surface area (Å²) in [7, 11) is 0. The zero-order valence-electron chi connectivity index (χ0n) is 10.5. The molecule has 0 radical (unpaired) electrons. The molecular formula is C12H14Cl2N2O2S. The van der Waals surface area contributed by atoms with Gasteiger partial charge in [0, 0.05) is 16.0 Å². The third kappa shape index (κ3) is 6.18. The van der Waals surface area contributed by atoms with Gasteiger partial charge in [0.05, 0.1) is 10.8 Å². The smallest absolute Gasteiger partial charge is 0.321 e. The van der Waals surface area contributed by atoms with Crippen LogP contribution in [-0.4, -0.2) is 23.7 Å². The molecule has 0 unspecified atom stereocenters. The minimum Gasteiger partial charge on any atom is -0.336 e. The number of hydrogen-bond donors (Lipinski definition) is 2. The Morgan fingerprint density at radius 3 is 2.63 bits per heavy atom. The molecule has 0 saturated carbocycles. The molecule has 0 spiro atoms. The van der Waals surface area contributed by atoms with Crippen LogP contribution in [0.25, 0.3) is 0 Å². The van der Waals surface area contributed by atoms with Crippen LogP contribution in [0.2, 0.25) is 10.0 Å². The quantitative estimate of drug-likeness (QED) is 0.837. The number of imide groups is 1. The summed E-state index contributed by atoms with van der Waals surface area (Å²) in [5, 5.41) is 5.86. The number of hydrogen-bond acceptors (Lipinski definition) is 3. The van der Waals surface area contributed by atoms with Gasteiger partial charge < -0.3 is 5.32 Å². The summed E-state index contributed by atoms with van der Waals surface area (Å²) in [5.41, 5.74) is 0. The monoisotopic (exact) mass is 320 g/mol. The van der Waals surface area contributed by atoms with Crippen molar-refractivity contribution in [3.8, 4) is 0 Å². The van der Waals surface area contributed by atoms with Crippen molar-refractivity contribution in [2.75, 3.05) is 5.75 Å². The summed E-state index contributed by atoms with van der Waals surface area (Å²) in [6, 6.07) is 4.48. The van der Waals surface area contributed by atoms with Crippen LogP contribution in [0, 0.1) is 0 Å². The van der Waals surface area contributed by atoms with E-state index in [2.05, 4.69) is 10.6 Å². The number of rotatable bonds is 4. The van der Waals surface area contributed by atoms with E-state index in [1.54, 1.807) is 18.2 Å². The predicted octanol–water partition coefficient (Wildman–Crippen LogP) is 3.32. The van der Waals surface area contributed by atoms with E-state index in [-0.39, 0.29) is 17.7 Å². The van der Waals surface area contributed by atoms with Gasteiger partial charge in [-0.1, -0.05) is 23.2 Å². The van der Waals surface area contributed by atoms with Crippen LogP contribution in [0.15, 0.2) is 23.1 Å². The Hall–Kier alpha value is -0.910. The van der Waals surface area contributed by atoms with Gasteiger partial charge in [0.2, 0.25) is 5.91 Å². The molecular weight excluding hydrogens is 307 g/mol. The van der Waals surface area contributed by atoms with Gasteiger partial charge >= 0.3 is 6.03 Å². The highest BCUT2D eigenvalue weighted by Crippen LogP contribution is 2.29. The van der Waals surface area contributed by atoms with E-state index in [1.807, 2.05) is 13.8 Å². The molecule has 4 nitrogen and oxygen atoms in total. The zero-order chi connectivity index (χ0) is 14.4. The molecule has 0 saturated heterocycles. The van der Waals surface area contributed by atoms with Crippen molar-refractivity contribution in [3.05, 3.63) is 28.2 Å². The molecule has 0 atom stereocenters. The van der Waals surface area contributed by atoms with Crippen LogP contribution in [0.5, 0.6) is 0 Å². The highest BCUT2D eigenvalue weighted by molar-refractivity contribution is 8.00. The fourth-order valence-electron chi connectivity index (χ4n) is 1.19. The van der Waals surface area contributed by atoms with Crippen molar-refractivity contribution in [2.24, 2.45) is 0 Å². The van der Waals surface area contributed by atoms with Gasteiger partial charge in [-0.15, -0.1) is 11.8 Å². The molecule has 1 aromatic carbocycles. The molecule has 104 valence electrons. The molecule has 0 aliphatic rings. The van der Waals surface area contributed by atoms with Crippen LogP contribution in [0.4, 0.5) is 4.79 Å². The lowest BCUT2D eigenvalue weighted by Crippen LogP contribution is -2.43. The lowest BCUT2D eigenvalue weighted by atomic mass is 10.4. The Morgan fingerprint density at radius 2 is 2.00 bits per heavy atom. The average molecular weight is 321 g/mol. The lowest BCUT2D eigenvalue weighted by molar-refractivity contribution is -0.117. The number of carbonyl (C=O) groups is 2. The number of benzene rings is 1. The van der Waals surface area contributed by atoms with E-state index in [4.69, 9.17) is 23.2 Å². The number of nitrogens with one attached hydrogen (secondary N) is 2. The van der Waals surface area contributed by atoms with Crippen molar-refractivity contribution in [3.63, 3.8) is 0 Å². The Labute approximate surface area is 126 Å². The minimum atomic E-state index is -0.502. The first-order valence-electron chi connectivity index (χ1n) is 5.56. The summed E-state index contributed by atoms with van der Waals surface area (Å²) in [5.74, 6) is -0.301. The fraction of sp³-hybridized carbons (Fsp3) is 0.333. The summed E-state index contributed by atoms with van der Waals surface area (Å²) < 4.78 is 0. The summed E-state index contributed by atoms with van der Waals surface area (Å²) in [6.07, 6.45) is 0. The Bertz CT molecular complexity index is 481. The van der Waals surface area contributed by atoms with Crippen molar-refractivity contribution in [2.45, 2.75) is 24.8 Å². The van der Waals surface area contributed by atoms with E-state index in [1.165, 1.54) is 11.8 Å². The summed E-state index contributed by atoms with van der Waals surface area (Å²) >= 11 is 13.0. The fourth-order valence-corrected chi connectivity index (χ4v) is 2.49. The van der Waals surface area contributed by atoms with Gasteiger partial charge in [-0.2, -0.15) is 0 Å². The topological polar surface area (TPSA) is 58.2 Å². The first-order valence-corrected chi connectivity index (χ1v) is 7.31. The van der Waals surface area contributed by atoms with Gasteiger partial charge in [-0.3, -0.25) is 10.1 Å². The second-order valence-corrected chi connectivity index (χ2v) is 5.90. The second kappa shape index (κ2) is 7.62. The molecule has 0 fully saturated rings. The zero-order valence-corrected chi connectivity index (χ0v) is 12.8. The highest BCUT2D eigenvalue weighted by Gasteiger charge is 2.10. The number of thioether (sulfide) groups is 1. The van der Waals surface area contributed by atoms with Crippen molar-refractivity contribution < 1.29 is 9.59 Å². The average Bonchev–Trinajstić information content (AvgIpc) is 2.29. The normalized spacial score (nSPS) is 10.4. The molecule has 1 rings (SSSR count). The van der Waals surface area contributed by atoms with Crippen molar-refractivity contribution in [1.29, 1.82) is 0 Å². The molecule has 2 N–H and O–H groups in total. The maximum absolute atomic E-state index is 11.5. The Kier molecular flexibility index (Phi) is 6.48. The molecule has 0 aliphatic heterocycles. The molecule has 7 heteroatoms. The van der Waals surface area contributed by atoms with Gasteiger partial charge in [0.15, 0.2) is 0 Å². The van der Waals surface area contributed by atoms with Crippen LogP contribution < -0.4 is 10.6 Å². The first kappa shape index (κ1) is 16.1. The van der Waals surface area contributed by atoms with E-state index in [0.717, 1.165) is 0 Å². The van der Waals surface area contributed by atoms with Gasteiger partial charge in [0.25, 0.3) is 0 Å². The summed E-state index contributed by atoms with van der Waals surface area (Å²) in [6.45, 7) is 3.62. The third-order valence-electron chi connectivity index (χ3n) is 1.92. The lowest BCUT2D eigenvalue weighted by Gasteiger charge is -2.09. The molecule has 0 aromatic heterocycles. The van der Waals surface area contributed by atoms with Crippen molar-refractivity contribution in [1.82, 2.24) is 10.6 Å². The maximum Gasteiger partial charge on any atom is 0.321 e. The molecule has 1 aromatic rings. The van der Waals surface area contributed by atoms with Gasteiger partial charge in [-0.25, -0.2) is 4.79 Å². The van der Waals surface area contributed by atoms with Gasteiger partial charge in [0.1, 0.15) is 0 Å². The number of halogens is 2. The van der Waals surface area contributed by atoms with Crippen LogP contribution in [0.1, 0.15) is 13.8 Å². The van der Waals surface area contributed by atoms with Gasteiger partial charge in [-0.05, 0) is 32.0 Å². The Balaban J connectivity index is 2.46. The molecule has 3 amide bonds. The van der Waals surface area contributed by atoms with E-state index in [9.17, 15) is 9.59 Å². The van der Waals surface area contributed by atoms with E-state index in [0.29, 0.717) is 14.9 Å². The predicted molar refractivity (Wildman–Crippen MR) is 79.0 cm³/mol. The maximum atomic E-state index is 11.5. The second-order valence-electron chi connectivity index (χ2n) is 4.04. The Morgan fingerprint density at radius 1 is 1.32 bits per heavy atom. The SMILES string of the molecule is CC(C)NC(=O)NC(=O)CSc1cc(Cl)ccc1Cl. The largest absolute Gasteiger partial charge is 0.336 e. The van der Waals surface area contributed by atoms with E-state index < -0.39 is 6.03 Å². The minimum absolute atomic E-state index is 0.0252. The highest BCUT2D eigenvalue weighted by atomic mass is 35.5. The van der Waals surface area contributed by atoms with E-state index >= 15 is 0 Å². The number of urea groups is 1. The van der Waals surface area contributed by atoms with Crippen LogP contribution in [-0.2, 0) is 4.79 Å². The third-order valence-corrected chi connectivity index (χ3v) is 3.66. The first-order chi connectivity index (χ1) is 8.88. The molecule has 19 heavy (non-hydrogen) atoms. The molecule has 0 aliphatic carbocycles. The van der Waals surface area contributed by atoms with Crippen molar-refractivity contribution >= 4 is 46.9 Å². The molecule has 0 bridgehead atoms. The van der Waals surface area contributed by atoms with Crippen LogP contribution >= 0.6 is 35.0 Å². The molecule has 0 heterocycles. The number of amides is 3.